The van der Waals surface area contributed by atoms with Gasteiger partial charge in [-0.3, -0.25) is 4.79 Å². The zero-order valence-corrected chi connectivity index (χ0v) is 12.0. The molecule has 1 aromatic heterocycles. The minimum absolute atomic E-state index is 0.0634. The number of rotatable bonds is 7. The number of nitrogens with one attached hydrogen (secondary N) is 1. The molecule has 20 heavy (non-hydrogen) atoms. The molecule has 0 aliphatic heterocycles. The van der Waals surface area contributed by atoms with Crippen LogP contribution in [0.2, 0.25) is 0 Å². The van der Waals surface area contributed by atoms with Gasteiger partial charge in [0.1, 0.15) is 0 Å². The summed E-state index contributed by atoms with van der Waals surface area (Å²) in [5, 5.41) is 3.23. The fraction of sp³-hybridized carbons (Fsp3) is 0.286. The molecule has 106 valence electrons. The van der Waals surface area contributed by atoms with Gasteiger partial charge in [-0.25, -0.2) is 4.98 Å². The molecular formula is C14H16N2O3S. The Morgan fingerprint density at radius 2 is 2.20 bits per heavy atom. The number of amides is 1. The Hall–Kier alpha value is -1.79. The van der Waals surface area contributed by atoms with E-state index in [1.807, 2.05) is 30.3 Å². The average molecular weight is 292 g/mol. The predicted molar refractivity (Wildman–Crippen MR) is 77.5 cm³/mol. The number of carbonyl (C=O) groups excluding carboxylic acids is 1. The van der Waals surface area contributed by atoms with Crippen LogP contribution in [0.4, 0.5) is 0 Å². The standard InChI is InChI=1S/C14H16N2O3S/c1-18-8-7-15-13(17)10-20-14-16-9-12(19-14)11-5-3-2-4-6-11/h2-6,9H,7-8,10H2,1H3,(H,15,17). The Morgan fingerprint density at radius 1 is 1.40 bits per heavy atom. The van der Waals surface area contributed by atoms with Crippen molar-refractivity contribution in [1.82, 2.24) is 10.3 Å². The van der Waals surface area contributed by atoms with Crippen molar-refractivity contribution in [2.45, 2.75) is 5.22 Å². The van der Waals surface area contributed by atoms with Gasteiger partial charge in [0.15, 0.2) is 5.76 Å². The number of hydrogen-bond donors (Lipinski definition) is 1. The van der Waals surface area contributed by atoms with Crippen molar-refractivity contribution in [3.05, 3.63) is 36.5 Å². The smallest absolute Gasteiger partial charge is 0.256 e. The Bertz CT molecular complexity index is 542. The van der Waals surface area contributed by atoms with E-state index in [1.165, 1.54) is 11.8 Å². The third kappa shape index (κ3) is 4.40. The average Bonchev–Trinajstić information content (AvgIpc) is 2.95. The van der Waals surface area contributed by atoms with Gasteiger partial charge in [0.25, 0.3) is 5.22 Å². The molecule has 6 heteroatoms. The molecule has 5 nitrogen and oxygen atoms in total. The molecule has 0 aliphatic rings. The van der Waals surface area contributed by atoms with Crippen LogP contribution in [0, 0.1) is 0 Å². The van der Waals surface area contributed by atoms with Gasteiger partial charge in [-0.2, -0.15) is 0 Å². The van der Waals surface area contributed by atoms with E-state index in [9.17, 15) is 4.79 Å². The summed E-state index contributed by atoms with van der Waals surface area (Å²) in [6.45, 7) is 1.02. The van der Waals surface area contributed by atoms with Gasteiger partial charge < -0.3 is 14.5 Å². The van der Waals surface area contributed by atoms with Crippen molar-refractivity contribution in [1.29, 1.82) is 0 Å². The van der Waals surface area contributed by atoms with Crippen LogP contribution in [0.15, 0.2) is 46.2 Å². The summed E-state index contributed by atoms with van der Waals surface area (Å²) >= 11 is 1.27. The number of methoxy groups -OCH3 is 1. The lowest BCUT2D eigenvalue weighted by atomic mass is 10.2. The molecule has 1 heterocycles. The van der Waals surface area contributed by atoms with Crippen molar-refractivity contribution in [3.63, 3.8) is 0 Å². The van der Waals surface area contributed by atoms with Gasteiger partial charge in [-0.05, 0) is 0 Å². The summed E-state index contributed by atoms with van der Waals surface area (Å²) in [6, 6.07) is 9.72. The number of oxazole rings is 1. The van der Waals surface area contributed by atoms with Crippen LogP contribution in [0.1, 0.15) is 0 Å². The van der Waals surface area contributed by atoms with Crippen LogP contribution in [-0.2, 0) is 9.53 Å². The monoisotopic (exact) mass is 292 g/mol. The summed E-state index contributed by atoms with van der Waals surface area (Å²) < 4.78 is 10.4. The highest BCUT2D eigenvalue weighted by molar-refractivity contribution is 7.99. The molecular weight excluding hydrogens is 276 g/mol. The van der Waals surface area contributed by atoms with Gasteiger partial charge in [0.05, 0.1) is 18.6 Å². The molecule has 0 aliphatic carbocycles. The quantitative estimate of drug-likeness (QED) is 0.626. The molecule has 0 saturated heterocycles. The molecule has 0 bridgehead atoms. The number of carbonyl (C=O) groups is 1. The van der Waals surface area contributed by atoms with E-state index in [2.05, 4.69) is 10.3 Å². The molecule has 0 radical (unpaired) electrons. The van der Waals surface area contributed by atoms with E-state index in [0.717, 1.165) is 5.56 Å². The normalized spacial score (nSPS) is 10.4. The zero-order valence-electron chi connectivity index (χ0n) is 11.2. The Morgan fingerprint density at radius 3 is 2.95 bits per heavy atom. The minimum atomic E-state index is -0.0634. The first-order valence-corrected chi connectivity index (χ1v) is 7.18. The first-order valence-electron chi connectivity index (χ1n) is 6.19. The van der Waals surface area contributed by atoms with Crippen LogP contribution in [-0.4, -0.2) is 36.9 Å². The van der Waals surface area contributed by atoms with Crippen LogP contribution in [0.5, 0.6) is 0 Å². The van der Waals surface area contributed by atoms with E-state index in [-0.39, 0.29) is 11.7 Å². The van der Waals surface area contributed by atoms with Gasteiger partial charge in [0, 0.05) is 19.2 Å². The van der Waals surface area contributed by atoms with Crippen molar-refractivity contribution < 1.29 is 13.9 Å². The van der Waals surface area contributed by atoms with Crippen molar-refractivity contribution in [2.75, 3.05) is 26.0 Å². The minimum Gasteiger partial charge on any atom is -0.431 e. The van der Waals surface area contributed by atoms with Gasteiger partial charge in [-0.15, -0.1) is 0 Å². The molecule has 1 amide bonds. The summed E-state index contributed by atoms with van der Waals surface area (Å²) in [4.78, 5) is 15.7. The van der Waals surface area contributed by atoms with Gasteiger partial charge >= 0.3 is 0 Å². The lowest BCUT2D eigenvalue weighted by molar-refractivity contribution is -0.118. The molecule has 2 aromatic rings. The summed E-state index contributed by atoms with van der Waals surface area (Å²) in [6.07, 6.45) is 1.67. The highest BCUT2D eigenvalue weighted by atomic mass is 32.2. The van der Waals surface area contributed by atoms with Crippen molar-refractivity contribution in [2.24, 2.45) is 0 Å². The number of thioether (sulfide) groups is 1. The maximum atomic E-state index is 11.5. The zero-order chi connectivity index (χ0) is 14.2. The maximum absolute atomic E-state index is 11.5. The lowest BCUT2D eigenvalue weighted by Gasteiger charge is -2.02. The second-order valence-electron chi connectivity index (χ2n) is 3.99. The third-order valence-electron chi connectivity index (χ3n) is 2.50. The summed E-state index contributed by atoms with van der Waals surface area (Å²) in [5.41, 5.74) is 0.969. The predicted octanol–water partition coefficient (Wildman–Crippen LogP) is 2.20. The number of benzene rings is 1. The van der Waals surface area contributed by atoms with Crippen LogP contribution in [0.3, 0.4) is 0 Å². The van der Waals surface area contributed by atoms with E-state index in [4.69, 9.17) is 9.15 Å². The first-order chi connectivity index (χ1) is 9.79. The highest BCUT2D eigenvalue weighted by Crippen LogP contribution is 2.24. The van der Waals surface area contributed by atoms with Crippen molar-refractivity contribution >= 4 is 17.7 Å². The molecule has 1 aromatic carbocycles. The second kappa shape index (κ2) is 7.72. The third-order valence-corrected chi connectivity index (χ3v) is 3.34. The van der Waals surface area contributed by atoms with Crippen molar-refractivity contribution in [3.8, 4) is 11.3 Å². The number of nitrogens with zero attached hydrogens (tertiary/aromatic N) is 1. The van der Waals surface area contributed by atoms with Crippen LogP contribution < -0.4 is 5.32 Å². The van der Waals surface area contributed by atoms with Crippen LogP contribution >= 0.6 is 11.8 Å². The fourth-order valence-electron chi connectivity index (χ4n) is 1.53. The van der Waals surface area contributed by atoms with E-state index in [1.54, 1.807) is 13.3 Å². The molecule has 0 atom stereocenters. The van der Waals surface area contributed by atoms with Crippen LogP contribution in [0.25, 0.3) is 11.3 Å². The number of hydrogen-bond acceptors (Lipinski definition) is 5. The van der Waals surface area contributed by atoms with E-state index >= 15 is 0 Å². The fourth-order valence-corrected chi connectivity index (χ4v) is 2.16. The summed E-state index contributed by atoms with van der Waals surface area (Å²) in [5.74, 6) is 0.915. The maximum Gasteiger partial charge on any atom is 0.256 e. The molecule has 0 spiro atoms. The SMILES string of the molecule is COCCNC(=O)CSc1ncc(-c2ccccc2)o1. The molecule has 0 unspecified atom stereocenters. The first kappa shape index (κ1) is 14.6. The topological polar surface area (TPSA) is 64.4 Å². The molecule has 0 saturated carbocycles. The Kier molecular flexibility index (Phi) is 5.64. The lowest BCUT2D eigenvalue weighted by Crippen LogP contribution is -2.28. The van der Waals surface area contributed by atoms with E-state index in [0.29, 0.717) is 24.1 Å². The van der Waals surface area contributed by atoms with Gasteiger partial charge in [-0.1, -0.05) is 42.1 Å². The number of aromatic nitrogens is 1. The Labute approximate surface area is 121 Å². The number of ether oxygens (including phenoxy) is 1. The highest BCUT2D eigenvalue weighted by Gasteiger charge is 2.09. The Balaban J connectivity index is 1.83. The van der Waals surface area contributed by atoms with Gasteiger partial charge in [0.2, 0.25) is 5.91 Å². The summed E-state index contributed by atoms with van der Waals surface area (Å²) in [7, 11) is 1.60. The molecule has 2 rings (SSSR count). The largest absolute Gasteiger partial charge is 0.431 e. The van der Waals surface area contributed by atoms with E-state index < -0.39 is 0 Å². The molecule has 1 N–H and O–H groups in total. The molecule has 0 fully saturated rings. The second-order valence-corrected chi connectivity index (χ2v) is 4.91.